The first-order chi connectivity index (χ1) is 9.42. The minimum atomic E-state index is -0.976. The SMILES string of the molecule is COC(CNC(=O)Cc1ccc(Cl)c(Cl)c1)CC(=O)O. The van der Waals surface area contributed by atoms with Crippen LogP contribution >= 0.6 is 23.2 Å². The number of benzene rings is 1. The van der Waals surface area contributed by atoms with Gasteiger partial charge in [-0.25, -0.2) is 0 Å². The monoisotopic (exact) mass is 319 g/mol. The van der Waals surface area contributed by atoms with Crippen molar-refractivity contribution in [2.75, 3.05) is 13.7 Å². The molecule has 0 radical (unpaired) electrons. The van der Waals surface area contributed by atoms with Crippen molar-refractivity contribution in [3.8, 4) is 0 Å². The molecule has 1 aromatic rings. The molecule has 0 bridgehead atoms. The summed E-state index contributed by atoms with van der Waals surface area (Å²) in [7, 11) is 1.40. The van der Waals surface area contributed by atoms with Crippen LogP contribution in [0, 0.1) is 0 Å². The maximum atomic E-state index is 11.7. The molecule has 0 spiro atoms. The number of carboxylic acid groups (broad SMARTS) is 1. The summed E-state index contributed by atoms with van der Waals surface area (Å²) in [6.07, 6.45) is -0.575. The molecule has 0 fully saturated rings. The Morgan fingerprint density at radius 1 is 1.35 bits per heavy atom. The van der Waals surface area contributed by atoms with Crippen LogP contribution in [-0.4, -0.2) is 36.7 Å². The summed E-state index contributed by atoms with van der Waals surface area (Å²) >= 11 is 11.6. The molecule has 110 valence electrons. The van der Waals surface area contributed by atoms with Gasteiger partial charge in [-0.2, -0.15) is 0 Å². The number of nitrogens with one attached hydrogen (secondary N) is 1. The number of carboxylic acids is 1. The van der Waals surface area contributed by atoms with Crippen LogP contribution in [0.3, 0.4) is 0 Å². The molecule has 1 aromatic carbocycles. The highest BCUT2D eigenvalue weighted by Crippen LogP contribution is 2.22. The predicted molar refractivity (Wildman–Crippen MR) is 76.2 cm³/mol. The van der Waals surface area contributed by atoms with Crippen LogP contribution in [0.2, 0.25) is 10.0 Å². The Balaban J connectivity index is 2.46. The molecule has 0 saturated carbocycles. The Kier molecular flexibility index (Phi) is 6.78. The van der Waals surface area contributed by atoms with Gasteiger partial charge in [0, 0.05) is 13.7 Å². The first-order valence-electron chi connectivity index (χ1n) is 5.87. The van der Waals surface area contributed by atoms with Gasteiger partial charge in [0.15, 0.2) is 0 Å². The van der Waals surface area contributed by atoms with E-state index in [4.69, 9.17) is 33.0 Å². The first kappa shape index (κ1) is 16.8. The van der Waals surface area contributed by atoms with Crippen molar-refractivity contribution < 1.29 is 19.4 Å². The number of hydrogen-bond acceptors (Lipinski definition) is 3. The van der Waals surface area contributed by atoms with E-state index in [1.54, 1.807) is 18.2 Å². The number of aliphatic carboxylic acids is 1. The van der Waals surface area contributed by atoms with Crippen molar-refractivity contribution in [3.63, 3.8) is 0 Å². The van der Waals surface area contributed by atoms with Gasteiger partial charge in [-0.3, -0.25) is 9.59 Å². The lowest BCUT2D eigenvalue weighted by molar-refractivity contribution is -0.140. The van der Waals surface area contributed by atoms with E-state index in [0.29, 0.717) is 10.0 Å². The molecule has 0 aliphatic carbocycles. The van der Waals surface area contributed by atoms with E-state index in [0.717, 1.165) is 5.56 Å². The molecule has 1 atom stereocenters. The number of methoxy groups -OCH3 is 1. The van der Waals surface area contributed by atoms with Gasteiger partial charge in [-0.05, 0) is 17.7 Å². The van der Waals surface area contributed by atoms with Crippen LogP contribution in [0.5, 0.6) is 0 Å². The fourth-order valence-corrected chi connectivity index (χ4v) is 1.88. The third-order valence-corrected chi connectivity index (χ3v) is 3.35. The highest BCUT2D eigenvalue weighted by atomic mass is 35.5. The van der Waals surface area contributed by atoms with Gasteiger partial charge >= 0.3 is 5.97 Å². The normalized spacial score (nSPS) is 11.9. The lowest BCUT2D eigenvalue weighted by Gasteiger charge is -2.14. The van der Waals surface area contributed by atoms with Crippen LogP contribution in [0.4, 0.5) is 0 Å². The summed E-state index contributed by atoms with van der Waals surface area (Å²) in [4.78, 5) is 22.3. The van der Waals surface area contributed by atoms with Gasteiger partial charge in [0.1, 0.15) is 0 Å². The molecule has 2 N–H and O–H groups in total. The summed E-state index contributed by atoms with van der Waals surface area (Å²) in [6, 6.07) is 4.95. The van der Waals surface area contributed by atoms with Gasteiger partial charge in [0.05, 0.1) is 29.0 Å². The zero-order valence-electron chi connectivity index (χ0n) is 10.9. The van der Waals surface area contributed by atoms with E-state index >= 15 is 0 Å². The second-order valence-corrected chi connectivity index (χ2v) is 5.00. The molecule has 1 rings (SSSR count). The number of halogens is 2. The van der Waals surface area contributed by atoms with Crippen molar-refractivity contribution in [2.24, 2.45) is 0 Å². The molecule has 0 heterocycles. The fourth-order valence-electron chi connectivity index (χ4n) is 1.56. The zero-order valence-corrected chi connectivity index (χ0v) is 12.4. The minimum absolute atomic E-state index is 0.139. The average Bonchev–Trinajstić information content (AvgIpc) is 2.38. The molecular formula is C13H15Cl2NO4. The quantitative estimate of drug-likeness (QED) is 0.807. The number of carbonyl (C=O) groups excluding carboxylic acids is 1. The number of ether oxygens (including phenoxy) is 1. The van der Waals surface area contributed by atoms with Crippen LogP contribution in [-0.2, 0) is 20.7 Å². The van der Waals surface area contributed by atoms with E-state index in [9.17, 15) is 9.59 Å². The summed E-state index contributed by atoms with van der Waals surface area (Å²) < 4.78 is 4.96. The predicted octanol–water partition coefficient (Wildman–Crippen LogP) is 2.14. The summed E-state index contributed by atoms with van der Waals surface area (Å²) in [6.45, 7) is 0.142. The Morgan fingerprint density at radius 2 is 2.05 bits per heavy atom. The third-order valence-electron chi connectivity index (χ3n) is 2.61. The second kappa shape index (κ2) is 8.09. The molecule has 5 nitrogen and oxygen atoms in total. The van der Waals surface area contributed by atoms with Gasteiger partial charge in [0.25, 0.3) is 0 Å². The van der Waals surface area contributed by atoms with Gasteiger partial charge < -0.3 is 15.2 Å². The first-order valence-corrected chi connectivity index (χ1v) is 6.63. The van der Waals surface area contributed by atoms with E-state index in [2.05, 4.69) is 5.32 Å². The molecular weight excluding hydrogens is 305 g/mol. The molecule has 1 amide bonds. The molecule has 20 heavy (non-hydrogen) atoms. The molecule has 7 heteroatoms. The maximum absolute atomic E-state index is 11.7. The van der Waals surface area contributed by atoms with Crippen molar-refractivity contribution in [1.29, 1.82) is 0 Å². The molecule has 1 unspecified atom stereocenters. The van der Waals surface area contributed by atoms with E-state index in [1.807, 2.05) is 0 Å². The van der Waals surface area contributed by atoms with Gasteiger partial charge in [-0.1, -0.05) is 29.3 Å². The molecule has 0 saturated heterocycles. The Labute approximate surface area is 126 Å². The zero-order chi connectivity index (χ0) is 15.1. The van der Waals surface area contributed by atoms with E-state index < -0.39 is 12.1 Å². The Hall–Kier alpha value is -1.30. The van der Waals surface area contributed by atoms with Crippen molar-refractivity contribution in [1.82, 2.24) is 5.32 Å². The fraction of sp³-hybridized carbons (Fsp3) is 0.385. The second-order valence-electron chi connectivity index (χ2n) is 4.18. The average molecular weight is 320 g/mol. The van der Waals surface area contributed by atoms with Crippen molar-refractivity contribution >= 4 is 35.1 Å². The van der Waals surface area contributed by atoms with Gasteiger partial charge in [0.2, 0.25) is 5.91 Å². The lowest BCUT2D eigenvalue weighted by atomic mass is 10.1. The Bertz CT molecular complexity index is 493. The van der Waals surface area contributed by atoms with E-state index in [-0.39, 0.29) is 25.3 Å². The van der Waals surface area contributed by atoms with Crippen molar-refractivity contribution in [2.45, 2.75) is 18.9 Å². The van der Waals surface area contributed by atoms with Crippen LogP contribution < -0.4 is 5.32 Å². The summed E-state index contributed by atoms with van der Waals surface area (Å²) in [5, 5.41) is 12.1. The van der Waals surface area contributed by atoms with Crippen LogP contribution in [0.15, 0.2) is 18.2 Å². The highest BCUT2D eigenvalue weighted by Gasteiger charge is 2.13. The molecule has 0 aliphatic rings. The maximum Gasteiger partial charge on any atom is 0.306 e. The third kappa shape index (κ3) is 5.77. The smallest absolute Gasteiger partial charge is 0.306 e. The standard InChI is InChI=1S/C13H15Cl2NO4/c1-20-9(6-13(18)19)7-16-12(17)5-8-2-3-10(14)11(15)4-8/h2-4,9H,5-7H2,1H3,(H,16,17)(H,18,19). The number of hydrogen-bond donors (Lipinski definition) is 2. The minimum Gasteiger partial charge on any atom is -0.481 e. The van der Waals surface area contributed by atoms with Crippen molar-refractivity contribution in [3.05, 3.63) is 33.8 Å². The molecule has 0 aliphatic heterocycles. The lowest BCUT2D eigenvalue weighted by Crippen LogP contribution is -2.35. The van der Waals surface area contributed by atoms with Gasteiger partial charge in [-0.15, -0.1) is 0 Å². The van der Waals surface area contributed by atoms with Crippen LogP contribution in [0.25, 0.3) is 0 Å². The van der Waals surface area contributed by atoms with E-state index in [1.165, 1.54) is 7.11 Å². The van der Waals surface area contributed by atoms with Crippen LogP contribution in [0.1, 0.15) is 12.0 Å². The number of carbonyl (C=O) groups is 2. The number of rotatable bonds is 7. The summed E-state index contributed by atoms with van der Waals surface area (Å²) in [5.41, 5.74) is 0.726. The highest BCUT2D eigenvalue weighted by molar-refractivity contribution is 6.42. The number of amides is 1. The largest absolute Gasteiger partial charge is 0.481 e. The molecule has 0 aromatic heterocycles. The summed E-state index contributed by atoms with van der Waals surface area (Å²) in [5.74, 6) is -1.22. The topological polar surface area (TPSA) is 75.6 Å². The Morgan fingerprint density at radius 3 is 2.60 bits per heavy atom.